The molecule has 2 aromatic rings. The number of carbonyl (C=O) groups excluding carboxylic acids is 4. The molecule has 4 amide bonds. The number of hydrogen-bond acceptors (Lipinski definition) is 6. The van der Waals surface area contributed by atoms with Crippen LogP contribution in [-0.2, 0) is 27.4 Å². The second kappa shape index (κ2) is 10.5. The van der Waals surface area contributed by atoms with Crippen LogP contribution in [0.3, 0.4) is 0 Å². The van der Waals surface area contributed by atoms with Gasteiger partial charge < -0.3 is 15.0 Å². The average molecular weight is 465 g/mol. The van der Waals surface area contributed by atoms with Crippen LogP contribution in [0, 0.1) is 0 Å². The quantitative estimate of drug-likeness (QED) is 0.494. The molecule has 1 unspecified atom stereocenters. The number of esters is 1. The van der Waals surface area contributed by atoms with E-state index in [2.05, 4.69) is 22.3 Å². The summed E-state index contributed by atoms with van der Waals surface area (Å²) in [4.78, 5) is 54.6. The molecule has 0 spiro atoms. The SMILES string of the molecule is CC(OC(=O)c1ccccc1CN1C(=O)CNC1=O)C(=O)N1CCN(Cc2ccccc2)CC1. The van der Waals surface area contributed by atoms with Crippen molar-refractivity contribution < 1.29 is 23.9 Å². The fraction of sp³-hybridized carbons (Fsp3) is 0.360. The largest absolute Gasteiger partial charge is 0.449 e. The molecule has 9 nitrogen and oxygen atoms in total. The summed E-state index contributed by atoms with van der Waals surface area (Å²) >= 11 is 0. The van der Waals surface area contributed by atoms with Crippen LogP contribution in [0.4, 0.5) is 4.79 Å². The topological polar surface area (TPSA) is 99.3 Å². The van der Waals surface area contributed by atoms with E-state index in [-0.39, 0.29) is 30.5 Å². The first-order valence-corrected chi connectivity index (χ1v) is 11.3. The van der Waals surface area contributed by atoms with Crippen LogP contribution < -0.4 is 5.32 Å². The normalized spacial score (nSPS) is 17.4. The predicted octanol–water partition coefficient (Wildman–Crippen LogP) is 1.63. The number of imide groups is 1. The Kier molecular flexibility index (Phi) is 7.22. The van der Waals surface area contributed by atoms with Crippen molar-refractivity contribution >= 4 is 23.8 Å². The molecular formula is C25H28N4O5. The number of carbonyl (C=O) groups is 4. The van der Waals surface area contributed by atoms with Gasteiger partial charge in [-0.2, -0.15) is 0 Å². The summed E-state index contributed by atoms with van der Waals surface area (Å²) in [6, 6.07) is 16.3. The Balaban J connectivity index is 1.32. The number of ether oxygens (including phenoxy) is 1. The molecular weight excluding hydrogens is 436 g/mol. The van der Waals surface area contributed by atoms with E-state index in [1.807, 2.05) is 18.2 Å². The van der Waals surface area contributed by atoms with Crippen LogP contribution in [-0.4, -0.2) is 77.3 Å². The summed E-state index contributed by atoms with van der Waals surface area (Å²) in [5.74, 6) is -1.26. The second-order valence-corrected chi connectivity index (χ2v) is 8.43. The minimum absolute atomic E-state index is 0.0400. The van der Waals surface area contributed by atoms with Crippen LogP contribution in [0.25, 0.3) is 0 Å². The highest BCUT2D eigenvalue weighted by Gasteiger charge is 2.31. The van der Waals surface area contributed by atoms with Gasteiger partial charge in [-0.1, -0.05) is 48.5 Å². The van der Waals surface area contributed by atoms with Gasteiger partial charge >= 0.3 is 12.0 Å². The van der Waals surface area contributed by atoms with E-state index in [1.54, 1.807) is 36.1 Å². The van der Waals surface area contributed by atoms with Crippen LogP contribution in [0.5, 0.6) is 0 Å². The standard InChI is InChI=1S/C25H28N4O5/c1-18(23(31)28-13-11-27(12-14-28)16-19-7-3-2-4-8-19)34-24(32)21-10-6-5-9-20(21)17-29-22(30)15-26-25(29)33/h2-10,18H,11-17H2,1H3,(H,26,33). The molecule has 4 rings (SSSR count). The third-order valence-corrected chi connectivity index (χ3v) is 6.07. The zero-order valence-electron chi connectivity index (χ0n) is 19.1. The second-order valence-electron chi connectivity index (χ2n) is 8.43. The molecule has 1 atom stereocenters. The Morgan fingerprint density at radius 2 is 1.62 bits per heavy atom. The lowest BCUT2D eigenvalue weighted by Gasteiger charge is -2.35. The number of nitrogens with zero attached hydrogens (tertiary/aromatic N) is 3. The maximum atomic E-state index is 12.9. The Labute approximate surface area is 198 Å². The third-order valence-electron chi connectivity index (χ3n) is 6.07. The number of nitrogens with one attached hydrogen (secondary N) is 1. The minimum atomic E-state index is -0.946. The number of hydrogen-bond donors (Lipinski definition) is 1. The van der Waals surface area contributed by atoms with Crippen LogP contribution in [0.1, 0.15) is 28.4 Å². The van der Waals surface area contributed by atoms with Gasteiger partial charge in [0.1, 0.15) is 0 Å². The monoisotopic (exact) mass is 464 g/mol. The Hall–Kier alpha value is -3.72. The molecule has 0 bridgehead atoms. The van der Waals surface area contributed by atoms with Crippen molar-refractivity contribution in [2.24, 2.45) is 0 Å². The fourth-order valence-corrected chi connectivity index (χ4v) is 4.14. The van der Waals surface area contributed by atoms with Crippen molar-refractivity contribution in [1.29, 1.82) is 0 Å². The molecule has 2 heterocycles. The summed E-state index contributed by atoms with van der Waals surface area (Å²) in [5, 5.41) is 2.46. The van der Waals surface area contributed by atoms with Crippen molar-refractivity contribution in [2.45, 2.75) is 26.1 Å². The average Bonchev–Trinajstić information content (AvgIpc) is 3.17. The summed E-state index contributed by atoms with van der Waals surface area (Å²) in [5.41, 5.74) is 1.94. The predicted molar refractivity (Wildman–Crippen MR) is 124 cm³/mol. The lowest BCUT2D eigenvalue weighted by atomic mass is 10.1. The van der Waals surface area contributed by atoms with E-state index in [0.29, 0.717) is 18.7 Å². The van der Waals surface area contributed by atoms with Crippen molar-refractivity contribution in [3.63, 3.8) is 0 Å². The van der Waals surface area contributed by atoms with E-state index >= 15 is 0 Å². The van der Waals surface area contributed by atoms with Crippen LogP contribution >= 0.6 is 0 Å². The van der Waals surface area contributed by atoms with Crippen LogP contribution in [0.2, 0.25) is 0 Å². The molecule has 0 aliphatic carbocycles. The van der Waals surface area contributed by atoms with Gasteiger partial charge in [-0.05, 0) is 24.1 Å². The molecule has 0 radical (unpaired) electrons. The van der Waals surface area contributed by atoms with Crippen molar-refractivity contribution in [2.75, 3.05) is 32.7 Å². The zero-order valence-corrected chi connectivity index (χ0v) is 19.1. The molecule has 2 aliphatic heterocycles. The van der Waals surface area contributed by atoms with Crippen molar-refractivity contribution in [1.82, 2.24) is 20.0 Å². The van der Waals surface area contributed by atoms with Crippen LogP contribution in [0.15, 0.2) is 54.6 Å². The van der Waals surface area contributed by atoms with E-state index in [0.717, 1.165) is 24.5 Å². The Bertz CT molecular complexity index is 1050. The molecule has 2 aliphatic rings. The van der Waals surface area contributed by atoms with E-state index < -0.39 is 18.1 Å². The van der Waals surface area contributed by atoms with E-state index in [4.69, 9.17) is 4.74 Å². The van der Waals surface area contributed by atoms with Crippen molar-refractivity contribution in [3.05, 3.63) is 71.3 Å². The fourth-order valence-electron chi connectivity index (χ4n) is 4.14. The van der Waals surface area contributed by atoms with Gasteiger partial charge in [-0.25, -0.2) is 9.59 Å². The lowest BCUT2D eigenvalue weighted by molar-refractivity contribution is -0.141. The third kappa shape index (κ3) is 5.43. The van der Waals surface area contributed by atoms with Gasteiger partial charge in [0.15, 0.2) is 6.10 Å². The first-order chi connectivity index (χ1) is 16.4. The molecule has 2 aromatic carbocycles. The first kappa shape index (κ1) is 23.4. The number of piperazine rings is 1. The maximum Gasteiger partial charge on any atom is 0.339 e. The molecule has 0 aromatic heterocycles. The highest BCUT2D eigenvalue weighted by atomic mass is 16.5. The van der Waals surface area contributed by atoms with Gasteiger partial charge in [0.05, 0.1) is 18.7 Å². The molecule has 9 heteroatoms. The van der Waals surface area contributed by atoms with E-state index in [1.165, 1.54) is 5.56 Å². The molecule has 1 N–H and O–H groups in total. The highest BCUT2D eigenvalue weighted by Crippen LogP contribution is 2.17. The Morgan fingerprint density at radius 3 is 2.29 bits per heavy atom. The molecule has 0 saturated carbocycles. The van der Waals surface area contributed by atoms with Gasteiger partial charge in [0.2, 0.25) is 5.91 Å². The summed E-state index contributed by atoms with van der Waals surface area (Å²) in [6.07, 6.45) is -0.946. The smallest absolute Gasteiger partial charge is 0.339 e. The summed E-state index contributed by atoms with van der Waals surface area (Å²) in [7, 11) is 0. The van der Waals surface area contributed by atoms with Crippen molar-refractivity contribution in [3.8, 4) is 0 Å². The lowest BCUT2D eigenvalue weighted by Crippen LogP contribution is -2.51. The van der Waals surface area contributed by atoms with E-state index in [9.17, 15) is 19.2 Å². The highest BCUT2D eigenvalue weighted by molar-refractivity contribution is 6.02. The van der Waals surface area contributed by atoms with Gasteiger partial charge in [-0.15, -0.1) is 0 Å². The first-order valence-electron chi connectivity index (χ1n) is 11.3. The number of urea groups is 1. The Morgan fingerprint density at radius 1 is 0.941 bits per heavy atom. The molecule has 178 valence electrons. The number of rotatable bonds is 7. The molecule has 2 fully saturated rings. The van der Waals surface area contributed by atoms with Gasteiger partial charge in [-0.3, -0.25) is 19.4 Å². The number of benzene rings is 2. The zero-order chi connectivity index (χ0) is 24.1. The molecule has 2 saturated heterocycles. The summed E-state index contributed by atoms with van der Waals surface area (Å²) in [6.45, 7) is 4.92. The minimum Gasteiger partial charge on any atom is -0.449 e. The van der Waals surface area contributed by atoms with Gasteiger partial charge in [0.25, 0.3) is 5.91 Å². The molecule has 34 heavy (non-hydrogen) atoms. The number of amides is 4. The summed E-state index contributed by atoms with van der Waals surface area (Å²) < 4.78 is 5.48. The maximum absolute atomic E-state index is 12.9. The van der Waals surface area contributed by atoms with Gasteiger partial charge in [0, 0.05) is 32.7 Å².